The number of carbonyl (C=O) groups excluding carboxylic acids is 1. The van der Waals surface area contributed by atoms with Gasteiger partial charge in [0.2, 0.25) is 5.91 Å². The lowest BCUT2D eigenvalue weighted by atomic mass is 10.3. The SMILES string of the molecule is CN(CC(=O)N1CCCC1)c1cc(C(F)(F)F)nc2ncnn12. The molecule has 1 aliphatic heterocycles. The van der Waals surface area contributed by atoms with Crippen LogP contribution in [-0.4, -0.2) is 57.1 Å². The molecule has 0 N–H and O–H groups in total. The molecule has 0 aliphatic carbocycles. The Morgan fingerprint density at radius 1 is 1.35 bits per heavy atom. The third-order valence-electron chi connectivity index (χ3n) is 3.75. The number of nitrogens with zero attached hydrogens (tertiary/aromatic N) is 6. The summed E-state index contributed by atoms with van der Waals surface area (Å²) >= 11 is 0. The zero-order valence-corrected chi connectivity index (χ0v) is 12.4. The van der Waals surface area contributed by atoms with Gasteiger partial charge in [-0.2, -0.15) is 27.8 Å². The van der Waals surface area contributed by atoms with Gasteiger partial charge in [-0.15, -0.1) is 0 Å². The Bertz CT molecular complexity index is 722. The van der Waals surface area contributed by atoms with E-state index in [0.717, 1.165) is 25.2 Å². The molecule has 124 valence electrons. The van der Waals surface area contributed by atoms with Crippen molar-refractivity contribution >= 4 is 17.5 Å². The molecule has 10 heteroatoms. The Balaban J connectivity index is 1.91. The smallest absolute Gasteiger partial charge is 0.350 e. The molecule has 23 heavy (non-hydrogen) atoms. The minimum absolute atomic E-state index is 0.0315. The zero-order valence-electron chi connectivity index (χ0n) is 12.4. The molecule has 7 nitrogen and oxygen atoms in total. The summed E-state index contributed by atoms with van der Waals surface area (Å²) in [5.41, 5.74) is -1.06. The highest BCUT2D eigenvalue weighted by atomic mass is 19.4. The number of anilines is 1. The maximum Gasteiger partial charge on any atom is 0.433 e. The number of carbonyl (C=O) groups is 1. The highest BCUT2D eigenvalue weighted by Crippen LogP contribution is 2.30. The fourth-order valence-corrected chi connectivity index (χ4v) is 2.56. The molecule has 3 heterocycles. The molecule has 0 aromatic carbocycles. The second-order valence-corrected chi connectivity index (χ2v) is 5.41. The minimum atomic E-state index is -4.59. The van der Waals surface area contributed by atoms with Crippen LogP contribution in [0.5, 0.6) is 0 Å². The van der Waals surface area contributed by atoms with Gasteiger partial charge in [-0.25, -0.2) is 4.98 Å². The maximum atomic E-state index is 13.0. The predicted octanol–water partition coefficient (Wildman–Crippen LogP) is 1.20. The van der Waals surface area contributed by atoms with Gasteiger partial charge >= 0.3 is 6.18 Å². The second kappa shape index (κ2) is 5.67. The van der Waals surface area contributed by atoms with Crippen molar-refractivity contribution in [1.29, 1.82) is 0 Å². The van der Waals surface area contributed by atoms with Crippen molar-refractivity contribution in [2.75, 3.05) is 31.6 Å². The highest BCUT2D eigenvalue weighted by Gasteiger charge is 2.34. The summed E-state index contributed by atoms with van der Waals surface area (Å²) in [6.07, 6.45) is -1.56. The van der Waals surface area contributed by atoms with Gasteiger partial charge in [-0.3, -0.25) is 4.79 Å². The Morgan fingerprint density at radius 3 is 2.70 bits per heavy atom. The van der Waals surface area contributed by atoms with E-state index in [2.05, 4.69) is 15.1 Å². The number of aromatic nitrogens is 4. The third kappa shape index (κ3) is 3.06. The van der Waals surface area contributed by atoms with Crippen molar-refractivity contribution in [2.45, 2.75) is 19.0 Å². The number of halogens is 3. The van der Waals surface area contributed by atoms with Crippen LogP contribution in [0.15, 0.2) is 12.4 Å². The van der Waals surface area contributed by atoms with Crippen LogP contribution in [0, 0.1) is 0 Å². The average Bonchev–Trinajstić information content (AvgIpc) is 3.16. The number of rotatable bonds is 3. The molecule has 3 rings (SSSR count). The highest BCUT2D eigenvalue weighted by molar-refractivity contribution is 5.81. The van der Waals surface area contributed by atoms with Gasteiger partial charge in [0.1, 0.15) is 12.1 Å². The van der Waals surface area contributed by atoms with Crippen molar-refractivity contribution in [3.8, 4) is 0 Å². The van der Waals surface area contributed by atoms with Crippen molar-refractivity contribution < 1.29 is 18.0 Å². The third-order valence-corrected chi connectivity index (χ3v) is 3.75. The first kappa shape index (κ1) is 15.5. The molecule has 1 amide bonds. The lowest BCUT2D eigenvalue weighted by Gasteiger charge is -2.23. The number of likely N-dealkylation sites (N-methyl/N-ethyl adjacent to an activating group) is 1. The van der Waals surface area contributed by atoms with Crippen LogP contribution < -0.4 is 4.90 Å². The Labute approximate surface area is 129 Å². The van der Waals surface area contributed by atoms with Crippen molar-refractivity contribution in [3.05, 3.63) is 18.1 Å². The molecule has 0 bridgehead atoms. The Hall–Kier alpha value is -2.39. The van der Waals surface area contributed by atoms with E-state index in [0.29, 0.717) is 13.1 Å². The largest absolute Gasteiger partial charge is 0.433 e. The summed E-state index contributed by atoms with van der Waals surface area (Å²) in [4.78, 5) is 22.5. The van der Waals surface area contributed by atoms with Crippen LogP contribution in [0.25, 0.3) is 5.78 Å². The van der Waals surface area contributed by atoms with Crippen molar-refractivity contribution in [2.24, 2.45) is 0 Å². The molecular weight excluding hydrogens is 313 g/mol. The maximum absolute atomic E-state index is 13.0. The molecule has 1 fully saturated rings. The van der Waals surface area contributed by atoms with E-state index in [4.69, 9.17) is 0 Å². The molecule has 0 atom stereocenters. The standard InChI is InChI=1S/C13H15F3N6O/c1-20(7-11(23)21-4-2-3-5-21)10-6-9(13(14,15)16)19-12-17-8-18-22(10)12/h6,8H,2-5,7H2,1H3. The number of likely N-dealkylation sites (tertiary alicyclic amines) is 1. The molecule has 2 aromatic heterocycles. The molecule has 0 spiro atoms. The summed E-state index contributed by atoms with van der Waals surface area (Å²) in [5.74, 6) is -0.161. The van der Waals surface area contributed by atoms with Crippen LogP contribution in [0.2, 0.25) is 0 Å². The average molecular weight is 328 g/mol. The molecule has 0 saturated carbocycles. The van der Waals surface area contributed by atoms with Crippen molar-refractivity contribution in [1.82, 2.24) is 24.5 Å². The summed E-state index contributed by atoms with van der Waals surface area (Å²) in [5, 5.41) is 3.88. The van der Waals surface area contributed by atoms with E-state index < -0.39 is 11.9 Å². The number of fused-ring (bicyclic) bond motifs is 1. The summed E-state index contributed by atoms with van der Waals surface area (Å²) in [6, 6.07) is 0.874. The number of amides is 1. The number of hydrogen-bond acceptors (Lipinski definition) is 5. The topological polar surface area (TPSA) is 66.6 Å². The van der Waals surface area contributed by atoms with Gasteiger partial charge < -0.3 is 9.80 Å². The first-order chi connectivity index (χ1) is 10.9. The van der Waals surface area contributed by atoms with Crippen LogP contribution in [0.1, 0.15) is 18.5 Å². The van der Waals surface area contributed by atoms with Gasteiger partial charge in [-0.1, -0.05) is 0 Å². The van der Waals surface area contributed by atoms with Gasteiger partial charge in [0.25, 0.3) is 5.78 Å². The lowest BCUT2D eigenvalue weighted by molar-refractivity contribution is -0.141. The second-order valence-electron chi connectivity index (χ2n) is 5.41. The van der Waals surface area contributed by atoms with Gasteiger partial charge in [0.15, 0.2) is 5.69 Å². The molecule has 2 aromatic rings. The molecular formula is C13H15F3N6O. The summed E-state index contributed by atoms with van der Waals surface area (Å²) < 4.78 is 40.1. The monoisotopic (exact) mass is 328 g/mol. The Kier molecular flexibility index (Phi) is 3.82. The lowest BCUT2D eigenvalue weighted by Crippen LogP contribution is -2.38. The first-order valence-corrected chi connectivity index (χ1v) is 7.13. The number of hydrogen-bond donors (Lipinski definition) is 0. The van der Waals surface area contributed by atoms with E-state index >= 15 is 0 Å². The number of alkyl halides is 3. The fraction of sp³-hybridized carbons (Fsp3) is 0.538. The molecule has 0 unspecified atom stereocenters. The van der Waals surface area contributed by atoms with E-state index in [1.165, 1.54) is 9.42 Å². The predicted molar refractivity (Wildman–Crippen MR) is 74.9 cm³/mol. The minimum Gasteiger partial charge on any atom is -0.350 e. The van der Waals surface area contributed by atoms with E-state index in [1.54, 1.807) is 11.9 Å². The summed E-state index contributed by atoms with van der Waals surface area (Å²) in [6.45, 7) is 1.35. The van der Waals surface area contributed by atoms with Crippen LogP contribution in [0.4, 0.5) is 19.0 Å². The van der Waals surface area contributed by atoms with Crippen LogP contribution in [-0.2, 0) is 11.0 Å². The molecule has 0 radical (unpaired) electrons. The normalized spacial score (nSPS) is 15.4. The quantitative estimate of drug-likeness (QED) is 0.847. The van der Waals surface area contributed by atoms with Gasteiger partial charge in [0.05, 0.1) is 6.54 Å². The molecule has 1 aliphatic rings. The molecule has 1 saturated heterocycles. The Morgan fingerprint density at radius 2 is 2.04 bits per heavy atom. The summed E-state index contributed by atoms with van der Waals surface area (Å²) in [7, 11) is 1.55. The first-order valence-electron chi connectivity index (χ1n) is 7.13. The van der Waals surface area contributed by atoms with Gasteiger partial charge in [-0.05, 0) is 12.8 Å². The van der Waals surface area contributed by atoms with Gasteiger partial charge in [0, 0.05) is 26.2 Å². The zero-order chi connectivity index (χ0) is 16.6. The van der Waals surface area contributed by atoms with Crippen molar-refractivity contribution in [3.63, 3.8) is 0 Å². The van der Waals surface area contributed by atoms with E-state index in [1.807, 2.05) is 0 Å². The van der Waals surface area contributed by atoms with E-state index in [9.17, 15) is 18.0 Å². The van der Waals surface area contributed by atoms with Crippen LogP contribution in [0.3, 0.4) is 0 Å². The van der Waals surface area contributed by atoms with E-state index in [-0.39, 0.29) is 24.0 Å². The fourth-order valence-electron chi connectivity index (χ4n) is 2.56. The van der Waals surface area contributed by atoms with Crippen LogP contribution >= 0.6 is 0 Å².